The van der Waals surface area contributed by atoms with Crippen LogP contribution in [0.5, 0.6) is 0 Å². The third-order valence-electron chi connectivity index (χ3n) is 14.1. The van der Waals surface area contributed by atoms with E-state index in [0.29, 0.717) is 43.6 Å². The minimum absolute atomic E-state index is 0.0295. The predicted molar refractivity (Wildman–Crippen MR) is 238 cm³/mol. The van der Waals surface area contributed by atoms with Crippen LogP contribution in [0.4, 0.5) is 4.79 Å². The van der Waals surface area contributed by atoms with Crippen LogP contribution in [-0.4, -0.2) is 163 Å². The highest BCUT2D eigenvalue weighted by Crippen LogP contribution is 2.45. The number of oxime groups is 1. The molecule has 0 radical (unpaired) electrons. The maximum absolute atomic E-state index is 14.6. The molecular formula is C47H68N6O11. The number of hydrogen-bond acceptors (Lipinski definition) is 15. The summed E-state index contributed by atoms with van der Waals surface area (Å²) in [5.74, 6) is -2.67. The maximum atomic E-state index is 14.6. The van der Waals surface area contributed by atoms with E-state index in [1.807, 2.05) is 77.9 Å². The van der Waals surface area contributed by atoms with Crippen molar-refractivity contribution < 1.29 is 52.7 Å². The number of carbonyl (C=O) groups excluding carboxylic acids is 3. The summed E-state index contributed by atoms with van der Waals surface area (Å²) in [6, 6.07) is 8.44. The Morgan fingerprint density at radius 3 is 2.59 bits per heavy atom. The van der Waals surface area contributed by atoms with Crippen molar-refractivity contribution in [2.45, 2.75) is 135 Å². The topological polar surface area (TPSA) is 192 Å². The number of aliphatic imine (C=N–C) groups is 1. The van der Waals surface area contributed by atoms with E-state index in [9.17, 15) is 19.5 Å². The summed E-state index contributed by atoms with van der Waals surface area (Å²) >= 11 is 0. The molecule has 4 bridgehead atoms. The van der Waals surface area contributed by atoms with Gasteiger partial charge in [-0.05, 0) is 79.1 Å². The van der Waals surface area contributed by atoms with Gasteiger partial charge in [0.1, 0.15) is 24.5 Å². The van der Waals surface area contributed by atoms with E-state index in [4.69, 9.17) is 38.3 Å². The number of fused-ring (bicyclic) bond motifs is 5. The molecule has 1 aromatic carbocycles. The molecule has 6 heterocycles. The van der Waals surface area contributed by atoms with E-state index in [0.717, 1.165) is 16.6 Å². The molecule has 64 heavy (non-hydrogen) atoms. The Hall–Kier alpha value is -4.26. The molecule has 0 aliphatic carbocycles. The molecule has 17 heteroatoms. The third-order valence-corrected chi connectivity index (χ3v) is 14.1. The standard InChI is InChI=1S/C47H68N6O11/c1-11-36-47(8)40-28(4)37(49-18-20-53(40)45(57)64-47)26(2)23-46(7)41(63-44-38(54)35(52(9)10)22-27(3)61-44)29(5)39(30(6)43(56)62-36)58-24-31(25-59-46)51-60-21-19-50-42(55)33-16-17-48-34-15-13-12-14-32(33)34/h12-17,26-30,35-36,38-41,44,54H,11,18-25H2,1-10H3,(H,50,55)/b51-31+/t26-,27+,28+,29+,30-,35-,36-,38+,39+,40-,41-,44-,46-,47-/m1/s1. The molecule has 0 unspecified atom stereocenters. The number of hydrogen-bond donors (Lipinski definition) is 2. The lowest BCUT2D eigenvalue weighted by atomic mass is 9.72. The van der Waals surface area contributed by atoms with E-state index < -0.39 is 71.8 Å². The highest BCUT2D eigenvalue weighted by molar-refractivity contribution is 6.06. The van der Waals surface area contributed by atoms with E-state index in [-0.39, 0.29) is 56.3 Å². The molecule has 2 amide bonds. The Bertz CT molecular complexity index is 2060. The minimum Gasteiger partial charge on any atom is -0.458 e. The summed E-state index contributed by atoms with van der Waals surface area (Å²) in [4.78, 5) is 60.3. The molecule has 2 N–H and O–H groups in total. The van der Waals surface area contributed by atoms with Crippen molar-refractivity contribution in [2.75, 3.05) is 53.6 Å². The van der Waals surface area contributed by atoms with E-state index >= 15 is 0 Å². The van der Waals surface area contributed by atoms with Gasteiger partial charge in [-0.15, -0.1) is 0 Å². The lowest BCUT2D eigenvalue weighted by Gasteiger charge is -2.48. The summed E-state index contributed by atoms with van der Waals surface area (Å²) in [6.45, 7) is 16.5. The molecule has 4 fully saturated rings. The van der Waals surface area contributed by atoms with Gasteiger partial charge < -0.3 is 48.6 Å². The monoisotopic (exact) mass is 892 g/mol. The van der Waals surface area contributed by atoms with Gasteiger partial charge in [-0.2, -0.15) is 0 Å². The van der Waals surface area contributed by atoms with E-state index in [1.165, 1.54) is 0 Å². The van der Waals surface area contributed by atoms with E-state index in [1.54, 1.807) is 24.1 Å². The van der Waals surface area contributed by atoms with Crippen molar-refractivity contribution in [3.05, 3.63) is 42.1 Å². The number of cyclic esters (lactones) is 1. The van der Waals surface area contributed by atoms with Crippen molar-refractivity contribution in [1.29, 1.82) is 0 Å². The summed E-state index contributed by atoms with van der Waals surface area (Å²) in [5.41, 5.74) is 0.241. The van der Waals surface area contributed by atoms with Gasteiger partial charge in [0.2, 0.25) is 0 Å². The zero-order valence-electron chi connectivity index (χ0n) is 39.0. The number of aliphatic hydroxyl groups is 1. The van der Waals surface area contributed by atoms with E-state index in [2.05, 4.69) is 29.3 Å². The number of para-hydroxylation sites is 1. The molecule has 4 saturated heterocycles. The first-order chi connectivity index (χ1) is 30.5. The van der Waals surface area contributed by atoms with Gasteiger partial charge in [-0.1, -0.05) is 51.0 Å². The summed E-state index contributed by atoms with van der Waals surface area (Å²) < 4.78 is 39.8. The average Bonchev–Trinajstić information content (AvgIpc) is 3.41. The second-order valence-corrected chi connectivity index (χ2v) is 19.0. The number of amides is 2. The number of benzene rings is 1. The molecule has 5 aliphatic rings. The number of aromatic nitrogens is 1. The predicted octanol–water partition coefficient (Wildman–Crippen LogP) is 4.63. The maximum Gasteiger partial charge on any atom is 0.410 e. The fraction of sp³-hybridized carbons (Fsp3) is 0.702. The van der Waals surface area contributed by atoms with Crippen LogP contribution in [0, 0.1) is 23.7 Å². The van der Waals surface area contributed by atoms with Crippen LogP contribution in [0.15, 0.2) is 46.7 Å². The lowest BCUT2D eigenvalue weighted by molar-refractivity contribution is -0.302. The number of ether oxygens (including phenoxy) is 6. The fourth-order valence-electron chi connectivity index (χ4n) is 11.0. The minimum atomic E-state index is -1.16. The smallest absolute Gasteiger partial charge is 0.410 e. The first-order valence-electron chi connectivity index (χ1n) is 22.9. The molecule has 1 aromatic heterocycles. The Balaban J connectivity index is 1.22. The zero-order valence-corrected chi connectivity index (χ0v) is 39.0. The summed E-state index contributed by atoms with van der Waals surface area (Å²) in [6.07, 6.45) is -2.10. The van der Waals surface area contributed by atoms with Crippen LogP contribution < -0.4 is 5.32 Å². The van der Waals surface area contributed by atoms with Crippen molar-refractivity contribution in [2.24, 2.45) is 33.8 Å². The van der Waals surface area contributed by atoms with Crippen LogP contribution in [0.3, 0.4) is 0 Å². The van der Waals surface area contributed by atoms with Gasteiger partial charge in [0.25, 0.3) is 5.91 Å². The number of nitrogens with one attached hydrogen (secondary N) is 1. The number of aliphatic hydroxyl groups excluding tert-OH is 1. The molecular weight excluding hydrogens is 825 g/mol. The number of likely N-dealkylation sites (N-methyl/N-ethyl adjacent to an activating group) is 1. The molecule has 2 aromatic rings. The molecule has 0 spiro atoms. The summed E-state index contributed by atoms with van der Waals surface area (Å²) in [5, 5.41) is 19.9. The largest absolute Gasteiger partial charge is 0.458 e. The number of esters is 1. The Labute approximate surface area is 376 Å². The van der Waals surface area contributed by atoms with Gasteiger partial charge >= 0.3 is 12.1 Å². The van der Waals surface area contributed by atoms with Crippen LogP contribution in [0.1, 0.15) is 85.0 Å². The average molecular weight is 893 g/mol. The second-order valence-electron chi connectivity index (χ2n) is 19.0. The molecule has 14 atom stereocenters. The zero-order chi connectivity index (χ0) is 46.1. The van der Waals surface area contributed by atoms with Crippen molar-refractivity contribution in [1.82, 2.24) is 20.1 Å². The Morgan fingerprint density at radius 1 is 1.08 bits per heavy atom. The quantitative estimate of drug-likeness (QED) is 0.202. The van der Waals surface area contributed by atoms with Crippen molar-refractivity contribution in [3.8, 4) is 0 Å². The highest BCUT2D eigenvalue weighted by Gasteiger charge is 2.60. The molecule has 7 rings (SSSR count). The van der Waals surface area contributed by atoms with Crippen LogP contribution in [0.2, 0.25) is 0 Å². The molecule has 17 nitrogen and oxygen atoms in total. The first kappa shape index (κ1) is 47.7. The highest BCUT2D eigenvalue weighted by atomic mass is 16.7. The van der Waals surface area contributed by atoms with Gasteiger partial charge in [0.15, 0.2) is 11.9 Å². The number of pyridine rings is 1. The normalized spacial score (nSPS) is 38.0. The molecule has 352 valence electrons. The fourth-order valence-corrected chi connectivity index (χ4v) is 11.0. The van der Waals surface area contributed by atoms with Gasteiger partial charge in [0.05, 0.1) is 73.3 Å². The van der Waals surface area contributed by atoms with Crippen LogP contribution in [-0.2, 0) is 38.1 Å². The number of rotatable bonds is 9. The van der Waals surface area contributed by atoms with Crippen molar-refractivity contribution >= 4 is 40.3 Å². The molecule has 5 aliphatic heterocycles. The molecule has 0 saturated carbocycles. The Kier molecular flexibility index (Phi) is 14.7. The number of nitrogens with zero attached hydrogens (tertiary/aromatic N) is 5. The third kappa shape index (κ3) is 9.52. The SMILES string of the molecule is CC[C@H]1OC(=O)[C@H](C)[C@H]2OC/C(=N\OCCNC(=O)c3ccnc4ccccc34)CO[C@](C)(C[C@@H](C)C3=NCCN4C(=O)O[C@@]1(C)[C@H]4[C@H]3C)[C@H](O[C@H]1O[C@@H](C)C[C@@H](N(C)C)[C@@H]1O)[C@H]2C. The Morgan fingerprint density at radius 2 is 1.84 bits per heavy atom. The number of carbonyl (C=O) groups is 3. The van der Waals surface area contributed by atoms with Crippen LogP contribution in [0.25, 0.3) is 10.9 Å². The first-order valence-corrected chi connectivity index (χ1v) is 22.9. The second kappa shape index (κ2) is 19.7. The lowest BCUT2D eigenvalue weighted by Crippen LogP contribution is -2.60. The van der Waals surface area contributed by atoms with Crippen molar-refractivity contribution in [3.63, 3.8) is 0 Å². The van der Waals surface area contributed by atoms with Gasteiger partial charge in [-0.3, -0.25) is 24.5 Å². The van der Waals surface area contributed by atoms with Gasteiger partial charge in [-0.25, -0.2) is 4.79 Å². The van der Waals surface area contributed by atoms with Crippen LogP contribution >= 0.6 is 0 Å². The summed E-state index contributed by atoms with van der Waals surface area (Å²) in [7, 11) is 3.85. The van der Waals surface area contributed by atoms with Gasteiger partial charge in [0, 0.05) is 41.7 Å².